The van der Waals surface area contributed by atoms with Crippen LogP contribution in [0.2, 0.25) is 0 Å². The van der Waals surface area contributed by atoms with Crippen molar-refractivity contribution in [3.63, 3.8) is 0 Å². The van der Waals surface area contributed by atoms with Gasteiger partial charge in [0.05, 0.1) is 16.8 Å². The summed E-state index contributed by atoms with van der Waals surface area (Å²) in [6.07, 6.45) is 5.12. The fourth-order valence-electron chi connectivity index (χ4n) is 4.72. The van der Waals surface area contributed by atoms with E-state index in [-0.39, 0.29) is 17.7 Å². The molecule has 1 fully saturated rings. The molecule has 2 heterocycles. The minimum Gasteiger partial charge on any atom is -0.444 e. The van der Waals surface area contributed by atoms with E-state index in [0.29, 0.717) is 47.3 Å². The lowest BCUT2D eigenvalue weighted by molar-refractivity contribution is 0.0512. The third-order valence-electron chi connectivity index (χ3n) is 6.72. The molecule has 1 saturated carbocycles. The Morgan fingerprint density at radius 1 is 0.974 bits per heavy atom. The van der Waals surface area contributed by atoms with Crippen molar-refractivity contribution in [1.29, 1.82) is 0 Å². The largest absolute Gasteiger partial charge is 0.444 e. The van der Waals surface area contributed by atoms with Crippen molar-refractivity contribution < 1.29 is 19.1 Å². The van der Waals surface area contributed by atoms with Crippen LogP contribution in [0, 0.1) is 11.8 Å². The van der Waals surface area contributed by atoms with Crippen LogP contribution in [-0.2, 0) is 4.74 Å². The monoisotopic (exact) mass is 517 g/mol. The van der Waals surface area contributed by atoms with Gasteiger partial charge in [-0.3, -0.25) is 14.6 Å². The zero-order valence-electron chi connectivity index (χ0n) is 22.1. The van der Waals surface area contributed by atoms with E-state index in [1.807, 2.05) is 45.0 Å². The molecule has 0 atom stereocenters. The molecule has 3 amide bonds. The molecule has 38 heavy (non-hydrogen) atoms. The fraction of sp³-hybridized carbons (Fsp3) is 0.414. The minimum atomic E-state index is -0.601. The van der Waals surface area contributed by atoms with Gasteiger partial charge in [-0.25, -0.2) is 9.78 Å². The number of para-hydroxylation sites is 1. The van der Waals surface area contributed by atoms with Crippen molar-refractivity contribution >= 4 is 28.8 Å². The van der Waals surface area contributed by atoms with Gasteiger partial charge >= 0.3 is 6.09 Å². The first-order chi connectivity index (χ1) is 18.1. The van der Waals surface area contributed by atoms with Crippen molar-refractivity contribution in [3.05, 3.63) is 59.9 Å². The highest BCUT2D eigenvalue weighted by molar-refractivity contribution is 6.07. The van der Waals surface area contributed by atoms with Crippen LogP contribution in [0.25, 0.3) is 22.2 Å². The first kappa shape index (κ1) is 27.0. The van der Waals surface area contributed by atoms with E-state index in [1.165, 1.54) is 6.20 Å². The van der Waals surface area contributed by atoms with Crippen LogP contribution in [0.3, 0.4) is 0 Å². The van der Waals surface area contributed by atoms with Gasteiger partial charge in [0, 0.05) is 30.2 Å². The molecule has 0 unspecified atom stereocenters. The number of nitrogens with zero attached hydrogens (tertiary/aromatic N) is 2. The third kappa shape index (κ3) is 7.06. The summed E-state index contributed by atoms with van der Waals surface area (Å²) < 4.78 is 5.31. The molecule has 200 valence electrons. The average molecular weight is 518 g/mol. The molecular weight excluding hydrogens is 482 g/mol. The summed E-state index contributed by atoms with van der Waals surface area (Å²) in [5.74, 6) is 0.0438. The number of benzene rings is 1. The van der Waals surface area contributed by atoms with Gasteiger partial charge in [-0.2, -0.15) is 0 Å². The Kier molecular flexibility index (Phi) is 8.24. The quantitative estimate of drug-likeness (QED) is 0.423. The topological polar surface area (TPSA) is 136 Å². The second kappa shape index (κ2) is 11.6. The maximum atomic E-state index is 13.3. The maximum absolute atomic E-state index is 13.3. The molecular formula is C29H35N5O4. The molecule has 0 spiro atoms. The van der Waals surface area contributed by atoms with Gasteiger partial charge in [0.2, 0.25) is 0 Å². The Balaban J connectivity index is 1.37. The van der Waals surface area contributed by atoms with Crippen LogP contribution in [0.15, 0.2) is 48.7 Å². The van der Waals surface area contributed by atoms with Crippen molar-refractivity contribution in [1.82, 2.24) is 20.6 Å². The molecule has 1 aliphatic carbocycles. The number of hydrogen-bond donors (Lipinski definition) is 3. The number of aromatic nitrogens is 2. The summed E-state index contributed by atoms with van der Waals surface area (Å²) in [6, 6.07) is 12.6. The highest BCUT2D eigenvalue weighted by Crippen LogP contribution is 2.29. The van der Waals surface area contributed by atoms with E-state index in [2.05, 4.69) is 15.6 Å². The molecule has 1 aliphatic rings. The Bertz CT molecular complexity index is 1310. The molecule has 1 aromatic carbocycles. The molecule has 4 N–H and O–H groups in total. The van der Waals surface area contributed by atoms with Gasteiger partial charge in [-0.1, -0.05) is 18.2 Å². The standard InChI is InChI=1S/C29H35N5O4/c1-29(2,3)38-28(37)33-16-19-10-8-18(9-11-19)15-32-27(36)22-14-25(34-23-7-5-4-6-21(22)23)20-12-13-24(26(30)35)31-17-20/h4-7,12-14,17-19H,8-11,15-16H2,1-3H3,(H2,30,35)(H,32,36)(H,33,37)/t18-,19-. The van der Waals surface area contributed by atoms with Gasteiger partial charge in [0.15, 0.2) is 0 Å². The van der Waals surface area contributed by atoms with Crippen LogP contribution in [-0.4, -0.2) is 46.6 Å². The van der Waals surface area contributed by atoms with Crippen molar-refractivity contribution in [2.45, 2.75) is 52.1 Å². The zero-order valence-corrected chi connectivity index (χ0v) is 22.1. The molecule has 2 aromatic heterocycles. The van der Waals surface area contributed by atoms with Crippen LogP contribution in [0.1, 0.15) is 67.3 Å². The molecule has 9 heteroatoms. The highest BCUT2D eigenvalue weighted by Gasteiger charge is 2.24. The Hall–Kier alpha value is -4.01. The van der Waals surface area contributed by atoms with E-state index >= 15 is 0 Å². The number of amides is 3. The van der Waals surface area contributed by atoms with Crippen molar-refractivity contribution in [2.75, 3.05) is 13.1 Å². The second-order valence-corrected chi connectivity index (χ2v) is 10.8. The molecule has 4 rings (SSSR count). The number of primary amides is 1. The summed E-state index contributed by atoms with van der Waals surface area (Å²) in [5, 5.41) is 6.77. The first-order valence-electron chi connectivity index (χ1n) is 13.0. The summed E-state index contributed by atoms with van der Waals surface area (Å²) in [6.45, 7) is 6.74. The molecule has 0 bridgehead atoms. The second-order valence-electron chi connectivity index (χ2n) is 10.8. The number of carbonyl (C=O) groups excluding carboxylic acids is 3. The number of ether oxygens (including phenoxy) is 1. The summed E-state index contributed by atoms with van der Waals surface area (Å²) in [4.78, 5) is 45.4. The van der Waals surface area contributed by atoms with E-state index in [0.717, 1.165) is 31.1 Å². The molecule has 0 radical (unpaired) electrons. The predicted octanol–water partition coefficient (Wildman–Crippen LogP) is 4.46. The lowest BCUT2D eigenvalue weighted by Gasteiger charge is -2.29. The van der Waals surface area contributed by atoms with Gasteiger partial charge in [0.1, 0.15) is 11.3 Å². The van der Waals surface area contributed by atoms with E-state index in [4.69, 9.17) is 15.5 Å². The lowest BCUT2D eigenvalue weighted by atomic mass is 9.82. The normalized spacial score (nSPS) is 17.6. The number of hydrogen-bond acceptors (Lipinski definition) is 6. The third-order valence-corrected chi connectivity index (χ3v) is 6.72. The zero-order chi connectivity index (χ0) is 27.3. The van der Waals surface area contributed by atoms with Gasteiger partial charge < -0.3 is 21.1 Å². The predicted molar refractivity (Wildman–Crippen MR) is 146 cm³/mol. The number of alkyl carbamates (subject to hydrolysis) is 1. The smallest absolute Gasteiger partial charge is 0.407 e. The maximum Gasteiger partial charge on any atom is 0.407 e. The summed E-state index contributed by atoms with van der Waals surface area (Å²) in [7, 11) is 0. The van der Waals surface area contributed by atoms with E-state index < -0.39 is 11.5 Å². The van der Waals surface area contributed by atoms with E-state index in [9.17, 15) is 14.4 Å². The minimum absolute atomic E-state index is 0.153. The van der Waals surface area contributed by atoms with Crippen LogP contribution >= 0.6 is 0 Å². The number of nitrogens with two attached hydrogens (primary N) is 1. The van der Waals surface area contributed by atoms with Gasteiger partial charge in [-0.05, 0) is 82.6 Å². The number of pyridine rings is 2. The van der Waals surface area contributed by atoms with Gasteiger partial charge in [-0.15, -0.1) is 0 Å². The number of carbonyl (C=O) groups is 3. The van der Waals surface area contributed by atoms with Crippen LogP contribution < -0.4 is 16.4 Å². The molecule has 0 aliphatic heterocycles. The molecule has 3 aromatic rings. The fourth-order valence-corrected chi connectivity index (χ4v) is 4.72. The lowest BCUT2D eigenvalue weighted by Crippen LogP contribution is -2.37. The Morgan fingerprint density at radius 2 is 1.63 bits per heavy atom. The van der Waals surface area contributed by atoms with Crippen molar-refractivity contribution in [2.24, 2.45) is 17.6 Å². The number of fused-ring (bicyclic) bond motifs is 1. The molecule has 0 saturated heterocycles. The number of rotatable bonds is 7. The van der Waals surface area contributed by atoms with Crippen LogP contribution in [0.5, 0.6) is 0 Å². The number of nitrogens with one attached hydrogen (secondary N) is 2. The van der Waals surface area contributed by atoms with Crippen LogP contribution in [0.4, 0.5) is 4.79 Å². The Morgan fingerprint density at radius 3 is 2.24 bits per heavy atom. The summed E-state index contributed by atoms with van der Waals surface area (Å²) >= 11 is 0. The Labute approximate surface area is 222 Å². The SMILES string of the molecule is CC(C)(C)OC(=O)NC[C@H]1CC[C@H](CNC(=O)c2cc(-c3ccc(C(N)=O)nc3)nc3ccccc23)CC1. The average Bonchev–Trinajstić information content (AvgIpc) is 2.89. The highest BCUT2D eigenvalue weighted by atomic mass is 16.6. The van der Waals surface area contributed by atoms with Crippen molar-refractivity contribution in [3.8, 4) is 11.3 Å². The molecule has 9 nitrogen and oxygen atoms in total. The first-order valence-corrected chi connectivity index (χ1v) is 13.0. The van der Waals surface area contributed by atoms with Gasteiger partial charge in [0.25, 0.3) is 11.8 Å². The van der Waals surface area contributed by atoms with E-state index in [1.54, 1.807) is 18.2 Å². The summed E-state index contributed by atoms with van der Waals surface area (Å²) in [5.41, 5.74) is 7.48.